The summed E-state index contributed by atoms with van der Waals surface area (Å²) in [5.41, 5.74) is 0.979. The summed E-state index contributed by atoms with van der Waals surface area (Å²) in [6.07, 6.45) is 4.09. The molecule has 0 saturated carbocycles. The van der Waals surface area contributed by atoms with Crippen molar-refractivity contribution in [2.45, 2.75) is 51.7 Å². The van der Waals surface area contributed by atoms with Crippen molar-refractivity contribution < 1.29 is 14.0 Å². The van der Waals surface area contributed by atoms with E-state index in [-0.39, 0.29) is 22.8 Å². The first-order valence-corrected chi connectivity index (χ1v) is 11.4. The fraction of sp³-hybridized carbons (Fsp3) is 0.550. The molecule has 3 nitrogen and oxygen atoms in total. The molecule has 0 aliphatic rings. The van der Waals surface area contributed by atoms with Gasteiger partial charge in [0.15, 0.2) is 8.32 Å². The average Bonchev–Trinajstić information content (AvgIpc) is 2.51. The second kappa shape index (κ2) is 8.63. The van der Waals surface area contributed by atoms with E-state index >= 15 is 0 Å². The zero-order valence-corrected chi connectivity index (χ0v) is 17.1. The maximum atomic E-state index is 12.2. The third-order valence-corrected chi connectivity index (χ3v) is 9.43. The first-order valence-electron chi connectivity index (χ1n) is 8.53. The van der Waals surface area contributed by atoms with Crippen LogP contribution in [0.5, 0.6) is 0 Å². The number of carbonyl (C=O) groups excluding carboxylic acids is 1. The minimum Gasteiger partial charge on any atom is -0.469 e. The van der Waals surface area contributed by atoms with Gasteiger partial charge in [0, 0.05) is 0 Å². The zero-order chi connectivity index (χ0) is 18.4. The summed E-state index contributed by atoms with van der Waals surface area (Å²) >= 11 is 0. The van der Waals surface area contributed by atoms with Crippen LogP contribution in [0.3, 0.4) is 0 Å². The Morgan fingerprint density at radius 1 is 1.21 bits per heavy atom. The Labute approximate surface area is 148 Å². The highest BCUT2D eigenvalue weighted by Gasteiger charge is 2.36. The maximum Gasteiger partial charge on any atom is 0.313 e. The molecule has 0 bridgehead atoms. The van der Waals surface area contributed by atoms with Crippen molar-refractivity contribution in [1.29, 1.82) is 0 Å². The smallest absolute Gasteiger partial charge is 0.313 e. The quantitative estimate of drug-likeness (QED) is 0.388. The van der Waals surface area contributed by atoms with Gasteiger partial charge >= 0.3 is 5.97 Å². The maximum absolute atomic E-state index is 12.2. The van der Waals surface area contributed by atoms with Crippen LogP contribution < -0.4 is 0 Å². The van der Waals surface area contributed by atoms with Crippen LogP contribution in [0.1, 0.15) is 39.2 Å². The first kappa shape index (κ1) is 20.7. The van der Waals surface area contributed by atoms with Gasteiger partial charge in [-0.05, 0) is 29.6 Å². The average molecular weight is 349 g/mol. The van der Waals surface area contributed by atoms with Gasteiger partial charge in [0.25, 0.3) is 0 Å². The lowest BCUT2D eigenvalue weighted by molar-refractivity contribution is -0.143. The number of allylic oxidation sites excluding steroid dienone is 1. The van der Waals surface area contributed by atoms with E-state index in [1.165, 1.54) is 7.11 Å². The van der Waals surface area contributed by atoms with Crippen molar-refractivity contribution in [1.82, 2.24) is 0 Å². The molecular formula is C20H32O3Si. The van der Waals surface area contributed by atoms with E-state index in [1.54, 1.807) is 0 Å². The van der Waals surface area contributed by atoms with Gasteiger partial charge in [-0.1, -0.05) is 70.2 Å². The Bertz CT molecular complexity index is 544. The molecule has 1 aromatic carbocycles. The zero-order valence-electron chi connectivity index (χ0n) is 16.1. The summed E-state index contributed by atoms with van der Waals surface area (Å²) in [5.74, 6) is -0.452. The van der Waals surface area contributed by atoms with E-state index in [0.717, 1.165) is 5.56 Å². The highest BCUT2D eigenvalue weighted by molar-refractivity contribution is 6.74. The molecule has 2 atom stereocenters. The number of rotatable bonds is 7. The van der Waals surface area contributed by atoms with Gasteiger partial charge in [-0.25, -0.2) is 0 Å². The molecule has 24 heavy (non-hydrogen) atoms. The highest BCUT2D eigenvalue weighted by Crippen LogP contribution is 2.36. The molecule has 0 aliphatic heterocycles. The lowest BCUT2D eigenvalue weighted by Gasteiger charge is -2.35. The predicted molar refractivity (Wildman–Crippen MR) is 103 cm³/mol. The van der Waals surface area contributed by atoms with Gasteiger partial charge in [0.1, 0.15) is 0 Å². The van der Waals surface area contributed by atoms with Crippen LogP contribution >= 0.6 is 0 Å². The minimum atomic E-state index is -1.74. The minimum absolute atomic E-state index is 0.0443. The number of benzene rings is 1. The molecule has 0 heterocycles. The summed E-state index contributed by atoms with van der Waals surface area (Å²) in [4.78, 5) is 12.2. The van der Waals surface area contributed by atoms with E-state index in [9.17, 15) is 4.79 Å². The normalized spacial score (nSPS) is 15.3. The third kappa shape index (κ3) is 5.60. The van der Waals surface area contributed by atoms with Crippen LogP contribution in [0.15, 0.2) is 42.5 Å². The second-order valence-electron chi connectivity index (χ2n) is 7.77. The van der Waals surface area contributed by atoms with Crippen molar-refractivity contribution in [3.63, 3.8) is 0 Å². The Balaban J connectivity index is 2.76. The molecule has 0 saturated heterocycles. The van der Waals surface area contributed by atoms with E-state index < -0.39 is 8.32 Å². The molecule has 2 unspecified atom stereocenters. The van der Waals surface area contributed by atoms with Crippen LogP contribution in [0.25, 0.3) is 0 Å². The Morgan fingerprint density at radius 3 is 2.29 bits per heavy atom. The molecule has 134 valence electrons. The Hall–Kier alpha value is -1.39. The predicted octanol–water partition coefficient (Wildman–Crippen LogP) is 5.16. The molecule has 0 spiro atoms. The second-order valence-corrected chi connectivity index (χ2v) is 12.6. The van der Waals surface area contributed by atoms with Crippen LogP contribution in [0.2, 0.25) is 18.1 Å². The highest BCUT2D eigenvalue weighted by atomic mass is 28.4. The van der Waals surface area contributed by atoms with Crippen LogP contribution in [-0.4, -0.2) is 28.0 Å². The Kier molecular flexibility index (Phi) is 7.43. The van der Waals surface area contributed by atoms with Crippen molar-refractivity contribution in [2.75, 3.05) is 13.7 Å². The SMILES string of the molecule is COC(=O)C(c1ccccc1)C(C)/C=C/CO[Si](C)(C)C(C)(C)C. The fourth-order valence-corrected chi connectivity index (χ4v) is 3.24. The lowest BCUT2D eigenvalue weighted by Crippen LogP contribution is -2.40. The number of esters is 1. The van der Waals surface area contributed by atoms with Crippen molar-refractivity contribution in [3.8, 4) is 0 Å². The standard InChI is InChI=1S/C20H32O3Si/c1-16(12-11-15-23-24(6,7)20(2,3)4)18(19(21)22-5)17-13-9-8-10-14-17/h8-14,16,18H,15H2,1-7H3/b12-11+. The summed E-state index contributed by atoms with van der Waals surface area (Å²) in [6, 6.07) is 9.78. The monoisotopic (exact) mass is 348 g/mol. The van der Waals surface area contributed by atoms with Crippen molar-refractivity contribution in [2.24, 2.45) is 5.92 Å². The molecular weight excluding hydrogens is 316 g/mol. The number of methoxy groups -OCH3 is 1. The molecule has 0 amide bonds. The largest absolute Gasteiger partial charge is 0.469 e. The number of hydrogen-bond donors (Lipinski definition) is 0. The molecule has 1 aromatic rings. The van der Waals surface area contributed by atoms with Gasteiger partial charge in [0.2, 0.25) is 0 Å². The lowest BCUT2D eigenvalue weighted by atomic mass is 9.87. The fourth-order valence-electron chi connectivity index (χ4n) is 2.30. The number of carbonyl (C=O) groups is 1. The molecule has 0 N–H and O–H groups in total. The van der Waals surface area contributed by atoms with Gasteiger partial charge in [-0.15, -0.1) is 0 Å². The third-order valence-electron chi connectivity index (χ3n) is 4.93. The molecule has 0 radical (unpaired) electrons. The summed E-state index contributed by atoms with van der Waals surface area (Å²) in [7, 11) is -0.300. The van der Waals surface area contributed by atoms with Crippen LogP contribution in [0.4, 0.5) is 0 Å². The molecule has 0 fully saturated rings. The summed E-state index contributed by atoms with van der Waals surface area (Å²) < 4.78 is 11.1. The topological polar surface area (TPSA) is 35.5 Å². The summed E-state index contributed by atoms with van der Waals surface area (Å²) in [6.45, 7) is 13.8. The molecule has 0 aliphatic carbocycles. The number of ether oxygens (including phenoxy) is 1. The molecule has 1 rings (SSSR count). The number of hydrogen-bond acceptors (Lipinski definition) is 3. The first-order chi connectivity index (χ1) is 11.1. The van der Waals surface area contributed by atoms with E-state index in [0.29, 0.717) is 6.61 Å². The van der Waals surface area contributed by atoms with E-state index in [2.05, 4.69) is 39.9 Å². The molecule has 4 heteroatoms. The van der Waals surface area contributed by atoms with Crippen LogP contribution in [0, 0.1) is 5.92 Å². The Morgan fingerprint density at radius 2 is 1.79 bits per heavy atom. The van der Waals surface area contributed by atoms with E-state index in [1.807, 2.05) is 43.3 Å². The van der Waals surface area contributed by atoms with Gasteiger partial charge in [-0.3, -0.25) is 4.79 Å². The van der Waals surface area contributed by atoms with Gasteiger partial charge < -0.3 is 9.16 Å². The van der Waals surface area contributed by atoms with Crippen molar-refractivity contribution >= 4 is 14.3 Å². The summed E-state index contributed by atoms with van der Waals surface area (Å²) in [5, 5.41) is 0.199. The van der Waals surface area contributed by atoms with Gasteiger partial charge in [-0.2, -0.15) is 0 Å². The van der Waals surface area contributed by atoms with Gasteiger partial charge in [0.05, 0.1) is 19.6 Å². The van der Waals surface area contributed by atoms with E-state index in [4.69, 9.17) is 9.16 Å². The van der Waals surface area contributed by atoms with Crippen molar-refractivity contribution in [3.05, 3.63) is 48.0 Å². The van der Waals surface area contributed by atoms with Crippen LogP contribution in [-0.2, 0) is 14.0 Å². The molecule has 0 aromatic heterocycles.